The third kappa shape index (κ3) is 5.40. The van der Waals surface area contributed by atoms with Gasteiger partial charge in [0.15, 0.2) is 6.10 Å². The topological polar surface area (TPSA) is 41.6 Å². The van der Waals surface area contributed by atoms with E-state index in [0.29, 0.717) is 23.2 Å². The van der Waals surface area contributed by atoms with E-state index in [4.69, 9.17) is 16.3 Å². The van der Waals surface area contributed by atoms with Crippen LogP contribution in [0.3, 0.4) is 0 Å². The van der Waals surface area contributed by atoms with Gasteiger partial charge < -0.3 is 15.0 Å². The van der Waals surface area contributed by atoms with Crippen molar-refractivity contribution in [2.24, 2.45) is 0 Å². The molecule has 1 aromatic rings. The minimum atomic E-state index is -0.475. The molecule has 1 saturated heterocycles. The summed E-state index contributed by atoms with van der Waals surface area (Å²) >= 11 is 5.96. The molecule has 0 unspecified atom stereocenters. The van der Waals surface area contributed by atoms with E-state index >= 15 is 0 Å². The lowest BCUT2D eigenvalue weighted by Gasteiger charge is -2.35. The molecule has 2 rings (SSSR count). The highest BCUT2D eigenvalue weighted by Gasteiger charge is 2.25. The Bertz CT molecular complexity index is 513. The lowest BCUT2D eigenvalue weighted by atomic mass is 10.0. The summed E-state index contributed by atoms with van der Waals surface area (Å²) in [6, 6.07) is 7.99. The smallest absolute Gasteiger partial charge is 0.261 e. The Labute approximate surface area is 144 Å². The Kier molecular flexibility index (Phi) is 6.72. The highest BCUT2D eigenvalue weighted by Crippen LogP contribution is 2.19. The van der Waals surface area contributed by atoms with Crippen LogP contribution in [0.2, 0.25) is 5.02 Å². The fourth-order valence-corrected chi connectivity index (χ4v) is 3.06. The number of amides is 1. The van der Waals surface area contributed by atoms with Gasteiger partial charge in [0.25, 0.3) is 5.91 Å². The lowest BCUT2D eigenvalue weighted by Crippen LogP contribution is -2.49. The van der Waals surface area contributed by atoms with Crippen LogP contribution in [-0.2, 0) is 4.79 Å². The molecular formula is C18H27ClN2O2. The van der Waals surface area contributed by atoms with Gasteiger partial charge in [-0.2, -0.15) is 0 Å². The van der Waals surface area contributed by atoms with Crippen molar-refractivity contribution in [3.8, 4) is 5.75 Å². The van der Waals surface area contributed by atoms with Gasteiger partial charge in [0, 0.05) is 30.2 Å². The molecule has 0 aromatic heterocycles. The number of ether oxygens (including phenoxy) is 1. The van der Waals surface area contributed by atoms with Crippen LogP contribution in [0.5, 0.6) is 5.75 Å². The molecule has 1 fully saturated rings. The van der Waals surface area contributed by atoms with Gasteiger partial charge in [-0.15, -0.1) is 0 Å². The van der Waals surface area contributed by atoms with Crippen molar-refractivity contribution < 1.29 is 9.53 Å². The SMILES string of the molecule is CC[C@@H](Oc1cccc(Cl)c1)C(=O)NC1CCN(C(C)C)CC1. The first-order valence-corrected chi connectivity index (χ1v) is 8.84. The zero-order chi connectivity index (χ0) is 16.8. The standard InChI is InChI=1S/C18H27ClN2O2/c1-4-17(23-16-7-5-6-14(19)12-16)18(22)20-15-8-10-21(11-9-15)13(2)3/h5-7,12-13,15,17H,4,8-11H2,1-3H3,(H,20,22)/t17-/m1/s1. The highest BCUT2D eigenvalue weighted by atomic mass is 35.5. The van der Waals surface area contributed by atoms with Crippen LogP contribution in [0, 0.1) is 0 Å². The van der Waals surface area contributed by atoms with E-state index in [9.17, 15) is 4.79 Å². The molecule has 0 bridgehead atoms. The first kappa shape index (κ1) is 18.1. The van der Waals surface area contributed by atoms with E-state index in [1.54, 1.807) is 12.1 Å². The van der Waals surface area contributed by atoms with Crippen LogP contribution in [0.25, 0.3) is 0 Å². The molecule has 1 N–H and O–H groups in total. The third-order valence-electron chi connectivity index (χ3n) is 4.34. The zero-order valence-corrected chi connectivity index (χ0v) is 15.0. The van der Waals surface area contributed by atoms with E-state index < -0.39 is 6.10 Å². The molecule has 0 aliphatic carbocycles. The lowest BCUT2D eigenvalue weighted by molar-refractivity contribution is -0.129. The van der Waals surface area contributed by atoms with E-state index in [0.717, 1.165) is 25.9 Å². The van der Waals surface area contributed by atoms with E-state index in [1.807, 2.05) is 19.1 Å². The Morgan fingerprint density at radius 3 is 2.65 bits per heavy atom. The second-order valence-corrected chi connectivity index (χ2v) is 6.82. The number of halogens is 1. The van der Waals surface area contributed by atoms with Crippen molar-refractivity contribution in [2.45, 2.75) is 58.2 Å². The molecule has 4 nitrogen and oxygen atoms in total. The van der Waals surface area contributed by atoms with E-state index in [2.05, 4.69) is 24.1 Å². The van der Waals surface area contributed by atoms with Gasteiger partial charge >= 0.3 is 0 Å². The van der Waals surface area contributed by atoms with Crippen LogP contribution in [0.4, 0.5) is 0 Å². The van der Waals surface area contributed by atoms with Gasteiger partial charge in [0.1, 0.15) is 5.75 Å². The van der Waals surface area contributed by atoms with Gasteiger partial charge in [-0.1, -0.05) is 24.6 Å². The van der Waals surface area contributed by atoms with Crippen molar-refractivity contribution in [3.05, 3.63) is 29.3 Å². The van der Waals surface area contributed by atoms with Crippen molar-refractivity contribution in [1.29, 1.82) is 0 Å². The molecule has 1 amide bonds. The number of hydrogen-bond acceptors (Lipinski definition) is 3. The number of benzene rings is 1. The van der Waals surface area contributed by atoms with E-state index in [-0.39, 0.29) is 11.9 Å². The molecule has 1 aliphatic heterocycles. The number of nitrogens with one attached hydrogen (secondary N) is 1. The molecular weight excluding hydrogens is 312 g/mol. The number of carbonyl (C=O) groups is 1. The summed E-state index contributed by atoms with van der Waals surface area (Å²) in [5.41, 5.74) is 0. The highest BCUT2D eigenvalue weighted by molar-refractivity contribution is 6.30. The zero-order valence-electron chi connectivity index (χ0n) is 14.2. The summed E-state index contributed by atoms with van der Waals surface area (Å²) in [5, 5.41) is 3.75. The monoisotopic (exact) mass is 338 g/mol. The van der Waals surface area contributed by atoms with E-state index in [1.165, 1.54) is 0 Å². The second kappa shape index (κ2) is 8.55. The van der Waals surface area contributed by atoms with Gasteiger partial charge in [0.2, 0.25) is 0 Å². The summed E-state index contributed by atoms with van der Waals surface area (Å²) < 4.78 is 5.80. The maximum absolute atomic E-state index is 12.5. The van der Waals surface area contributed by atoms with Crippen LogP contribution >= 0.6 is 11.6 Å². The summed E-state index contributed by atoms with van der Waals surface area (Å²) in [6.07, 6.45) is 2.15. The summed E-state index contributed by atoms with van der Waals surface area (Å²) in [5.74, 6) is 0.601. The third-order valence-corrected chi connectivity index (χ3v) is 4.58. The molecule has 1 heterocycles. The normalized spacial score (nSPS) is 18.0. The molecule has 0 radical (unpaired) electrons. The second-order valence-electron chi connectivity index (χ2n) is 6.38. The number of piperidine rings is 1. The fourth-order valence-electron chi connectivity index (χ4n) is 2.88. The van der Waals surface area contributed by atoms with Crippen molar-refractivity contribution >= 4 is 17.5 Å². The average Bonchev–Trinajstić information content (AvgIpc) is 2.53. The number of rotatable bonds is 6. The molecule has 1 aromatic carbocycles. The molecule has 5 heteroatoms. The first-order valence-electron chi connectivity index (χ1n) is 8.46. The summed E-state index contributed by atoms with van der Waals surface area (Å²) in [6.45, 7) is 8.45. The summed E-state index contributed by atoms with van der Waals surface area (Å²) in [4.78, 5) is 14.9. The quantitative estimate of drug-likeness (QED) is 0.863. The molecule has 1 aliphatic rings. The van der Waals surface area contributed by atoms with Crippen LogP contribution in [-0.4, -0.2) is 42.1 Å². The van der Waals surface area contributed by atoms with Gasteiger partial charge in [-0.25, -0.2) is 0 Å². The van der Waals surface area contributed by atoms with Crippen molar-refractivity contribution in [3.63, 3.8) is 0 Å². The van der Waals surface area contributed by atoms with Gasteiger partial charge in [-0.3, -0.25) is 4.79 Å². The van der Waals surface area contributed by atoms with Crippen molar-refractivity contribution in [2.75, 3.05) is 13.1 Å². The van der Waals surface area contributed by atoms with Crippen LogP contribution < -0.4 is 10.1 Å². The predicted molar refractivity (Wildman–Crippen MR) is 94.0 cm³/mol. The minimum absolute atomic E-state index is 0.0320. The number of hydrogen-bond donors (Lipinski definition) is 1. The Morgan fingerprint density at radius 1 is 1.39 bits per heavy atom. The minimum Gasteiger partial charge on any atom is -0.481 e. The van der Waals surface area contributed by atoms with Crippen LogP contribution in [0.1, 0.15) is 40.0 Å². The number of nitrogens with zero attached hydrogens (tertiary/aromatic N) is 1. The average molecular weight is 339 g/mol. The Morgan fingerprint density at radius 2 is 2.09 bits per heavy atom. The number of likely N-dealkylation sites (tertiary alicyclic amines) is 1. The molecule has 0 saturated carbocycles. The maximum Gasteiger partial charge on any atom is 0.261 e. The Balaban J connectivity index is 1.86. The van der Waals surface area contributed by atoms with Crippen LogP contribution in [0.15, 0.2) is 24.3 Å². The fraction of sp³-hybridized carbons (Fsp3) is 0.611. The largest absolute Gasteiger partial charge is 0.481 e. The van der Waals surface area contributed by atoms with Crippen molar-refractivity contribution in [1.82, 2.24) is 10.2 Å². The van der Waals surface area contributed by atoms with Gasteiger partial charge in [0.05, 0.1) is 0 Å². The molecule has 23 heavy (non-hydrogen) atoms. The van der Waals surface area contributed by atoms with Gasteiger partial charge in [-0.05, 0) is 51.3 Å². The predicted octanol–water partition coefficient (Wildman–Crippen LogP) is 3.49. The summed E-state index contributed by atoms with van der Waals surface area (Å²) in [7, 11) is 0. The molecule has 1 atom stereocenters. The first-order chi connectivity index (χ1) is 11.0. The maximum atomic E-state index is 12.5. The Hall–Kier alpha value is -1.26. The molecule has 0 spiro atoms. The molecule has 128 valence electrons. The number of carbonyl (C=O) groups excluding carboxylic acids is 1.